The Morgan fingerprint density at radius 1 is 1.38 bits per heavy atom. The van der Waals surface area contributed by atoms with Gasteiger partial charge < -0.3 is 0 Å². The van der Waals surface area contributed by atoms with Crippen molar-refractivity contribution < 1.29 is 0 Å². The Labute approximate surface area is 75.6 Å². The molecule has 4 heteroatoms. The normalized spacial score (nSPS) is 17.5. The van der Waals surface area contributed by atoms with E-state index in [1.807, 2.05) is 10.6 Å². The number of nitrogens with zero attached hydrogens (tertiary/aromatic N) is 4. The van der Waals surface area contributed by atoms with E-state index in [1.165, 1.54) is 25.0 Å². The molecule has 4 nitrogen and oxygen atoms in total. The fourth-order valence-electron chi connectivity index (χ4n) is 1.66. The van der Waals surface area contributed by atoms with Crippen LogP contribution < -0.4 is 0 Å². The number of rotatable bonds is 1. The molecule has 0 radical (unpaired) electrons. The predicted octanol–water partition coefficient (Wildman–Crippen LogP) is 1.39. The average Bonchev–Trinajstić information content (AvgIpc) is 2.47. The molecule has 0 N–H and O–H groups in total. The number of aromatic nitrogens is 4. The molecule has 1 saturated carbocycles. The Kier molecular flexibility index (Phi) is 1.36. The first kappa shape index (κ1) is 7.00. The molecule has 2 heterocycles. The summed E-state index contributed by atoms with van der Waals surface area (Å²) in [7, 11) is 0. The van der Waals surface area contributed by atoms with Crippen LogP contribution in [0.4, 0.5) is 0 Å². The first-order valence-electron chi connectivity index (χ1n) is 4.60. The van der Waals surface area contributed by atoms with Gasteiger partial charge in [0.25, 0.3) is 5.78 Å². The molecule has 0 saturated heterocycles. The van der Waals surface area contributed by atoms with Crippen LogP contribution >= 0.6 is 0 Å². The topological polar surface area (TPSA) is 43.1 Å². The third-order valence-electron chi connectivity index (χ3n) is 2.71. The van der Waals surface area contributed by atoms with Gasteiger partial charge in [0.05, 0.1) is 0 Å². The first-order chi connectivity index (χ1) is 6.43. The summed E-state index contributed by atoms with van der Waals surface area (Å²) >= 11 is 0. The fourth-order valence-corrected chi connectivity index (χ4v) is 1.66. The van der Waals surface area contributed by atoms with E-state index in [0.717, 1.165) is 0 Å². The molecule has 0 spiro atoms. The smallest absolute Gasteiger partial charge is 0.255 e. The molecular formula is C9H10N4. The minimum absolute atomic E-state index is 0.668. The van der Waals surface area contributed by atoms with Gasteiger partial charge in [0.1, 0.15) is 6.33 Å². The zero-order chi connectivity index (χ0) is 8.67. The van der Waals surface area contributed by atoms with Gasteiger partial charge in [-0.25, -0.2) is 4.98 Å². The molecule has 3 rings (SSSR count). The molecule has 1 fully saturated rings. The molecule has 13 heavy (non-hydrogen) atoms. The standard InChI is InChI=1S/C9H10N4/c1-2-7(3-1)8-4-5-13-6-10-12-9(13)11-8/h4-7H,1-3H2. The molecule has 0 bridgehead atoms. The summed E-state index contributed by atoms with van der Waals surface area (Å²) in [5, 5.41) is 7.72. The lowest BCUT2D eigenvalue weighted by Gasteiger charge is -2.24. The molecule has 0 atom stereocenters. The highest BCUT2D eigenvalue weighted by Gasteiger charge is 2.20. The molecule has 0 aliphatic heterocycles. The van der Waals surface area contributed by atoms with Crippen LogP contribution in [-0.4, -0.2) is 19.6 Å². The maximum atomic E-state index is 4.45. The molecule has 0 amide bonds. The highest BCUT2D eigenvalue weighted by atomic mass is 15.3. The lowest BCUT2D eigenvalue weighted by Crippen LogP contribution is -2.11. The summed E-state index contributed by atoms with van der Waals surface area (Å²) in [5.41, 5.74) is 1.17. The lowest BCUT2D eigenvalue weighted by atomic mass is 9.83. The van der Waals surface area contributed by atoms with Crippen molar-refractivity contribution in [2.45, 2.75) is 25.2 Å². The Balaban J connectivity index is 2.09. The van der Waals surface area contributed by atoms with Gasteiger partial charge in [-0.1, -0.05) is 6.42 Å². The number of hydrogen-bond acceptors (Lipinski definition) is 3. The molecule has 2 aromatic rings. The summed E-state index contributed by atoms with van der Waals surface area (Å²) < 4.78 is 1.84. The van der Waals surface area contributed by atoms with Crippen molar-refractivity contribution in [1.29, 1.82) is 0 Å². The maximum Gasteiger partial charge on any atom is 0.255 e. The lowest BCUT2D eigenvalue weighted by molar-refractivity contribution is 0.411. The van der Waals surface area contributed by atoms with Crippen LogP contribution in [0.3, 0.4) is 0 Å². The van der Waals surface area contributed by atoms with Crippen molar-refractivity contribution in [2.24, 2.45) is 0 Å². The van der Waals surface area contributed by atoms with Crippen molar-refractivity contribution in [2.75, 3.05) is 0 Å². The van der Waals surface area contributed by atoms with Gasteiger partial charge in [-0.3, -0.25) is 4.40 Å². The number of hydrogen-bond donors (Lipinski definition) is 0. The molecule has 1 aliphatic carbocycles. The minimum atomic E-state index is 0.668. The summed E-state index contributed by atoms with van der Waals surface area (Å²) in [4.78, 5) is 4.45. The van der Waals surface area contributed by atoms with Crippen molar-refractivity contribution in [3.8, 4) is 0 Å². The highest BCUT2D eigenvalue weighted by Crippen LogP contribution is 2.34. The van der Waals surface area contributed by atoms with Crippen LogP contribution in [0, 0.1) is 0 Å². The second kappa shape index (κ2) is 2.52. The molecular weight excluding hydrogens is 164 g/mol. The Morgan fingerprint density at radius 3 is 3.08 bits per heavy atom. The minimum Gasteiger partial charge on any atom is -0.273 e. The Hall–Kier alpha value is -1.45. The third kappa shape index (κ3) is 1.02. The summed E-state index contributed by atoms with van der Waals surface area (Å²) in [5.74, 6) is 1.38. The summed E-state index contributed by atoms with van der Waals surface area (Å²) in [6.07, 6.45) is 7.54. The van der Waals surface area contributed by atoms with E-state index >= 15 is 0 Å². The van der Waals surface area contributed by atoms with Crippen LogP contribution in [0.25, 0.3) is 5.78 Å². The molecule has 1 aliphatic rings. The van der Waals surface area contributed by atoms with Gasteiger partial charge in [-0.2, -0.15) is 0 Å². The van der Waals surface area contributed by atoms with Gasteiger partial charge in [0, 0.05) is 17.8 Å². The fraction of sp³-hybridized carbons (Fsp3) is 0.444. The quantitative estimate of drug-likeness (QED) is 0.656. The number of fused-ring (bicyclic) bond motifs is 1. The van der Waals surface area contributed by atoms with E-state index < -0.39 is 0 Å². The SMILES string of the molecule is c1cn2cnnc2nc1C1CCC1. The van der Waals surface area contributed by atoms with Crippen molar-refractivity contribution >= 4 is 5.78 Å². The van der Waals surface area contributed by atoms with Crippen molar-refractivity contribution in [3.05, 3.63) is 24.3 Å². The van der Waals surface area contributed by atoms with E-state index in [9.17, 15) is 0 Å². The van der Waals surface area contributed by atoms with Crippen LogP contribution in [0.1, 0.15) is 30.9 Å². The predicted molar refractivity (Wildman–Crippen MR) is 47.4 cm³/mol. The van der Waals surface area contributed by atoms with Gasteiger partial charge >= 0.3 is 0 Å². The molecule has 0 unspecified atom stereocenters. The monoisotopic (exact) mass is 174 g/mol. The van der Waals surface area contributed by atoms with E-state index in [2.05, 4.69) is 21.2 Å². The van der Waals surface area contributed by atoms with Gasteiger partial charge in [0.15, 0.2) is 0 Å². The summed E-state index contributed by atoms with van der Waals surface area (Å²) in [6.45, 7) is 0. The highest BCUT2D eigenvalue weighted by molar-refractivity contribution is 5.28. The van der Waals surface area contributed by atoms with E-state index in [-0.39, 0.29) is 0 Å². The van der Waals surface area contributed by atoms with Gasteiger partial charge in [-0.05, 0) is 18.9 Å². The van der Waals surface area contributed by atoms with Crippen molar-refractivity contribution in [1.82, 2.24) is 19.6 Å². The van der Waals surface area contributed by atoms with E-state index in [1.54, 1.807) is 6.33 Å². The zero-order valence-corrected chi connectivity index (χ0v) is 7.22. The van der Waals surface area contributed by atoms with Gasteiger partial charge in [-0.15, -0.1) is 10.2 Å². The van der Waals surface area contributed by atoms with Gasteiger partial charge in [0.2, 0.25) is 0 Å². The van der Waals surface area contributed by atoms with E-state index in [4.69, 9.17) is 0 Å². The first-order valence-corrected chi connectivity index (χ1v) is 4.60. The average molecular weight is 174 g/mol. The van der Waals surface area contributed by atoms with Crippen LogP contribution in [0.5, 0.6) is 0 Å². The second-order valence-electron chi connectivity index (χ2n) is 3.52. The second-order valence-corrected chi connectivity index (χ2v) is 3.52. The molecule has 66 valence electrons. The Morgan fingerprint density at radius 2 is 2.31 bits per heavy atom. The Bertz CT molecular complexity index is 430. The maximum absolute atomic E-state index is 4.45. The molecule has 2 aromatic heterocycles. The van der Waals surface area contributed by atoms with Crippen LogP contribution in [-0.2, 0) is 0 Å². The summed E-state index contributed by atoms with van der Waals surface area (Å²) in [6, 6.07) is 2.07. The largest absolute Gasteiger partial charge is 0.273 e. The molecule has 0 aromatic carbocycles. The van der Waals surface area contributed by atoms with Crippen molar-refractivity contribution in [3.63, 3.8) is 0 Å². The van der Waals surface area contributed by atoms with E-state index in [0.29, 0.717) is 11.7 Å². The van der Waals surface area contributed by atoms with Crippen LogP contribution in [0.15, 0.2) is 18.6 Å². The van der Waals surface area contributed by atoms with Crippen LogP contribution in [0.2, 0.25) is 0 Å². The third-order valence-corrected chi connectivity index (χ3v) is 2.71. The zero-order valence-electron chi connectivity index (χ0n) is 7.22.